The van der Waals surface area contributed by atoms with Crippen LogP contribution in [0.5, 0.6) is 0 Å². The lowest BCUT2D eigenvalue weighted by Gasteiger charge is -2.26. The van der Waals surface area contributed by atoms with Gasteiger partial charge in [-0.15, -0.1) is 0 Å². The molecule has 1 aliphatic heterocycles. The second-order valence-electron chi connectivity index (χ2n) is 6.38. The Kier molecular flexibility index (Phi) is 3.93. The van der Waals surface area contributed by atoms with E-state index in [1.807, 2.05) is 13.8 Å². The average molecular weight is 337 g/mol. The Bertz CT molecular complexity index is 942. The SMILES string of the molecule is Cc1cc(CN2CCc3nc(-c4cncnc4)[nH]c(=O)c3C2)oc1C. The van der Waals surface area contributed by atoms with Gasteiger partial charge in [0.25, 0.3) is 5.56 Å². The van der Waals surface area contributed by atoms with E-state index in [4.69, 9.17) is 4.42 Å². The Morgan fingerprint density at radius 3 is 2.80 bits per heavy atom. The number of H-pyrrole nitrogens is 1. The molecular formula is C18H19N5O2. The molecule has 0 bridgehead atoms. The van der Waals surface area contributed by atoms with Crippen molar-refractivity contribution in [3.8, 4) is 11.4 Å². The first-order valence-electron chi connectivity index (χ1n) is 8.26. The van der Waals surface area contributed by atoms with Crippen LogP contribution in [0.25, 0.3) is 11.4 Å². The van der Waals surface area contributed by atoms with Gasteiger partial charge in [-0.1, -0.05) is 0 Å². The van der Waals surface area contributed by atoms with E-state index < -0.39 is 0 Å². The lowest BCUT2D eigenvalue weighted by molar-refractivity contribution is 0.221. The Hall–Kier alpha value is -2.80. The summed E-state index contributed by atoms with van der Waals surface area (Å²) in [6.45, 7) is 6.11. The molecule has 4 rings (SSSR count). The molecule has 1 aliphatic rings. The van der Waals surface area contributed by atoms with Crippen molar-refractivity contribution in [2.75, 3.05) is 6.54 Å². The molecule has 4 heterocycles. The second kappa shape index (κ2) is 6.25. The molecule has 0 saturated carbocycles. The van der Waals surface area contributed by atoms with Gasteiger partial charge in [0.05, 0.1) is 23.4 Å². The van der Waals surface area contributed by atoms with Crippen LogP contribution in [0.4, 0.5) is 0 Å². The quantitative estimate of drug-likeness (QED) is 0.786. The molecule has 0 saturated heterocycles. The van der Waals surface area contributed by atoms with E-state index in [0.717, 1.165) is 41.3 Å². The Morgan fingerprint density at radius 2 is 2.08 bits per heavy atom. The lowest BCUT2D eigenvalue weighted by Crippen LogP contribution is -2.35. The highest BCUT2D eigenvalue weighted by molar-refractivity contribution is 5.52. The van der Waals surface area contributed by atoms with Crippen molar-refractivity contribution >= 4 is 0 Å². The molecule has 1 N–H and O–H groups in total. The Morgan fingerprint density at radius 1 is 1.28 bits per heavy atom. The fourth-order valence-corrected chi connectivity index (χ4v) is 3.12. The smallest absolute Gasteiger partial charge is 0.255 e. The molecular weight excluding hydrogens is 318 g/mol. The number of aromatic amines is 1. The zero-order valence-electron chi connectivity index (χ0n) is 14.2. The molecule has 25 heavy (non-hydrogen) atoms. The molecule has 0 aliphatic carbocycles. The molecule has 128 valence electrons. The summed E-state index contributed by atoms with van der Waals surface area (Å²) in [5, 5.41) is 0. The molecule has 0 fully saturated rings. The van der Waals surface area contributed by atoms with Crippen molar-refractivity contribution in [3.63, 3.8) is 0 Å². The fraction of sp³-hybridized carbons (Fsp3) is 0.333. The first-order chi connectivity index (χ1) is 12.1. The number of nitrogens with zero attached hydrogens (tertiary/aromatic N) is 4. The van der Waals surface area contributed by atoms with Crippen molar-refractivity contribution in [2.45, 2.75) is 33.4 Å². The molecule has 0 unspecified atom stereocenters. The third-order valence-corrected chi connectivity index (χ3v) is 4.58. The van der Waals surface area contributed by atoms with E-state index in [2.05, 4.69) is 30.9 Å². The standard InChI is InChI=1S/C18H19N5O2/c1-11-5-14(25-12(11)2)8-23-4-3-16-15(9-23)18(24)22-17(21-16)13-6-19-10-20-7-13/h5-7,10H,3-4,8-9H2,1-2H3,(H,21,22,24). The number of rotatable bonds is 3. The zero-order valence-corrected chi connectivity index (χ0v) is 14.2. The molecule has 0 atom stereocenters. The van der Waals surface area contributed by atoms with Gasteiger partial charge in [-0.3, -0.25) is 9.69 Å². The number of furan rings is 1. The highest BCUT2D eigenvalue weighted by atomic mass is 16.3. The Balaban J connectivity index is 1.58. The van der Waals surface area contributed by atoms with E-state index in [1.54, 1.807) is 12.4 Å². The minimum atomic E-state index is -0.0969. The van der Waals surface area contributed by atoms with Gasteiger partial charge in [-0.2, -0.15) is 0 Å². The van der Waals surface area contributed by atoms with Crippen molar-refractivity contribution in [1.82, 2.24) is 24.8 Å². The molecule has 3 aromatic heterocycles. The maximum atomic E-state index is 12.5. The molecule has 7 nitrogen and oxygen atoms in total. The van der Waals surface area contributed by atoms with Gasteiger partial charge in [-0.25, -0.2) is 15.0 Å². The summed E-state index contributed by atoms with van der Waals surface area (Å²) < 4.78 is 5.76. The highest BCUT2D eigenvalue weighted by Gasteiger charge is 2.22. The molecule has 0 spiro atoms. The first kappa shape index (κ1) is 15.7. The maximum absolute atomic E-state index is 12.5. The van der Waals surface area contributed by atoms with Crippen LogP contribution in [0.1, 0.15) is 28.3 Å². The largest absolute Gasteiger partial charge is 0.465 e. The number of hydrogen-bond donors (Lipinski definition) is 1. The summed E-state index contributed by atoms with van der Waals surface area (Å²) in [5.41, 5.74) is 3.35. The topological polar surface area (TPSA) is 87.9 Å². The highest BCUT2D eigenvalue weighted by Crippen LogP contribution is 2.21. The predicted molar refractivity (Wildman–Crippen MR) is 91.9 cm³/mol. The van der Waals surface area contributed by atoms with E-state index >= 15 is 0 Å². The van der Waals surface area contributed by atoms with Crippen LogP contribution in [0.2, 0.25) is 0 Å². The Labute approximate surface area is 144 Å². The summed E-state index contributed by atoms with van der Waals surface area (Å²) >= 11 is 0. The first-order valence-corrected chi connectivity index (χ1v) is 8.26. The molecule has 0 amide bonds. The summed E-state index contributed by atoms with van der Waals surface area (Å²) in [6.07, 6.45) is 5.48. The summed E-state index contributed by atoms with van der Waals surface area (Å²) in [5.74, 6) is 2.40. The summed E-state index contributed by atoms with van der Waals surface area (Å²) in [7, 11) is 0. The minimum absolute atomic E-state index is 0.0969. The van der Waals surface area contributed by atoms with E-state index in [0.29, 0.717) is 24.5 Å². The monoisotopic (exact) mass is 337 g/mol. The maximum Gasteiger partial charge on any atom is 0.255 e. The third-order valence-electron chi connectivity index (χ3n) is 4.58. The molecule has 3 aromatic rings. The van der Waals surface area contributed by atoms with E-state index in [-0.39, 0.29) is 5.56 Å². The van der Waals surface area contributed by atoms with Crippen LogP contribution >= 0.6 is 0 Å². The average Bonchev–Trinajstić information content (AvgIpc) is 2.93. The normalized spacial score (nSPS) is 14.5. The van der Waals surface area contributed by atoms with Gasteiger partial charge in [0.15, 0.2) is 0 Å². The van der Waals surface area contributed by atoms with Gasteiger partial charge in [0, 0.05) is 31.9 Å². The molecule has 7 heteroatoms. The zero-order chi connectivity index (χ0) is 17.4. The minimum Gasteiger partial charge on any atom is -0.465 e. The third kappa shape index (κ3) is 3.10. The summed E-state index contributed by atoms with van der Waals surface area (Å²) in [4.78, 5) is 30.2. The number of aryl methyl sites for hydroxylation is 2. The van der Waals surface area contributed by atoms with Crippen LogP contribution in [0.15, 0.2) is 34.0 Å². The predicted octanol–water partition coefficient (Wildman–Crippen LogP) is 2.00. The van der Waals surface area contributed by atoms with Gasteiger partial charge in [0.2, 0.25) is 0 Å². The van der Waals surface area contributed by atoms with Crippen molar-refractivity contribution in [3.05, 3.63) is 63.5 Å². The van der Waals surface area contributed by atoms with Gasteiger partial charge >= 0.3 is 0 Å². The van der Waals surface area contributed by atoms with Crippen molar-refractivity contribution in [2.24, 2.45) is 0 Å². The van der Waals surface area contributed by atoms with E-state index in [9.17, 15) is 4.79 Å². The number of fused-ring (bicyclic) bond motifs is 1. The fourth-order valence-electron chi connectivity index (χ4n) is 3.12. The number of hydrogen-bond acceptors (Lipinski definition) is 6. The number of nitrogens with one attached hydrogen (secondary N) is 1. The van der Waals surface area contributed by atoms with E-state index in [1.165, 1.54) is 6.33 Å². The molecule has 0 aromatic carbocycles. The van der Waals surface area contributed by atoms with Gasteiger partial charge in [-0.05, 0) is 25.5 Å². The lowest BCUT2D eigenvalue weighted by atomic mass is 10.1. The van der Waals surface area contributed by atoms with Crippen LogP contribution in [-0.4, -0.2) is 31.4 Å². The van der Waals surface area contributed by atoms with Crippen LogP contribution in [0.3, 0.4) is 0 Å². The number of aromatic nitrogens is 4. The molecule has 0 radical (unpaired) electrons. The second-order valence-corrected chi connectivity index (χ2v) is 6.38. The van der Waals surface area contributed by atoms with Crippen LogP contribution in [0, 0.1) is 13.8 Å². The van der Waals surface area contributed by atoms with Crippen molar-refractivity contribution < 1.29 is 4.42 Å². The van der Waals surface area contributed by atoms with Crippen molar-refractivity contribution in [1.29, 1.82) is 0 Å². The van der Waals surface area contributed by atoms with Crippen LogP contribution < -0.4 is 5.56 Å². The van der Waals surface area contributed by atoms with Gasteiger partial charge in [0.1, 0.15) is 23.7 Å². The van der Waals surface area contributed by atoms with Gasteiger partial charge < -0.3 is 9.40 Å². The summed E-state index contributed by atoms with van der Waals surface area (Å²) in [6, 6.07) is 2.06. The van der Waals surface area contributed by atoms with Crippen LogP contribution in [-0.2, 0) is 19.5 Å².